The van der Waals surface area contributed by atoms with Gasteiger partial charge < -0.3 is 5.32 Å². The molecule has 0 fully saturated rings. The van der Waals surface area contributed by atoms with Crippen LogP contribution in [0, 0.1) is 0 Å². The second-order valence-corrected chi connectivity index (χ2v) is 2.94. The lowest BCUT2D eigenvalue weighted by Crippen LogP contribution is -2.16. The highest BCUT2D eigenvalue weighted by molar-refractivity contribution is 5.15. The van der Waals surface area contributed by atoms with E-state index in [1.165, 1.54) is 12.0 Å². The van der Waals surface area contributed by atoms with Crippen molar-refractivity contribution in [1.29, 1.82) is 0 Å². The van der Waals surface area contributed by atoms with Crippen molar-refractivity contribution in [3.63, 3.8) is 0 Å². The van der Waals surface area contributed by atoms with Crippen LogP contribution in [0.3, 0.4) is 0 Å². The SMILES string of the molecule is CCC(CNC)c1ccncc1. The van der Waals surface area contributed by atoms with Gasteiger partial charge in [-0.2, -0.15) is 0 Å². The third-order valence-corrected chi connectivity index (χ3v) is 2.12. The minimum atomic E-state index is 0.623. The van der Waals surface area contributed by atoms with Crippen molar-refractivity contribution in [2.45, 2.75) is 19.3 Å². The number of hydrogen-bond donors (Lipinski definition) is 1. The Balaban J connectivity index is 2.66. The molecule has 0 aliphatic carbocycles. The number of pyridine rings is 1. The number of rotatable bonds is 4. The molecule has 0 aliphatic heterocycles. The lowest BCUT2D eigenvalue weighted by atomic mass is 9.98. The van der Waals surface area contributed by atoms with E-state index in [0.29, 0.717) is 5.92 Å². The maximum Gasteiger partial charge on any atom is 0.0270 e. The Labute approximate surface area is 74.0 Å². The summed E-state index contributed by atoms with van der Waals surface area (Å²) in [4.78, 5) is 4.00. The highest BCUT2D eigenvalue weighted by Gasteiger charge is 2.06. The molecule has 1 aromatic heterocycles. The van der Waals surface area contributed by atoms with Gasteiger partial charge in [0.25, 0.3) is 0 Å². The van der Waals surface area contributed by atoms with Crippen molar-refractivity contribution in [1.82, 2.24) is 10.3 Å². The van der Waals surface area contributed by atoms with E-state index in [-0.39, 0.29) is 0 Å². The van der Waals surface area contributed by atoms with Crippen molar-refractivity contribution in [2.24, 2.45) is 0 Å². The fourth-order valence-electron chi connectivity index (χ4n) is 1.38. The summed E-state index contributed by atoms with van der Waals surface area (Å²) >= 11 is 0. The zero-order valence-corrected chi connectivity index (χ0v) is 7.75. The minimum Gasteiger partial charge on any atom is -0.319 e. The predicted molar refractivity (Wildman–Crippen MR) is 51.2 cm³/mol. The number of nitrogens with zero attached hydrogens (tertiary/aromatic N) is 1. The summed E-state index contributed by atoms with van der Waals surface area (Å²) in [6.45, 7) is 3.25. The summed E-state index contributed by atoms with van der Waals surface area (Å²) in [7, 11) is 1.99. The molecule has 0 aliphatic rings. The molecule has 1 rings (SSSR count). The molecule has 0 aromatic carbocycles. The number of likely N-dealkylation sites (N-methyl/N-ethyl adjacent to an activating group) is 1. The molecule has 1 N–H and O–H groups in total. The van der Waals surface area contributed by atoms with Gasteiger partial charge in [0.05, 0.1) is 0 Å². The van der Waals surface area contributed by atoms with Crippen LogP contribution in [-0.2, 0) is 0 Å². The summed E-state index contributed by atoms with van der Waals surface area (Å²) < 4.78 is 0. The Kier molecular flexibility index (Phi) is 3.74. The summed E-state index contributed by atoms with van der Waals surface area (Å²) in [6, 6.07) is 4.18. The molecule has 0 saturated heterocycles. The molecule has 2 heteroatoms. The van der Waals surface area contributed by atoms with E-state index < -0.39 is 0 Å². The van der Waals surface area contributed by atoms with Crippen molar-refractivity contribution in [2.75, 3.05) is 13.6 Å². The van der Waals surface area contributed by atoms with Gasteiger partial charge in [0.1, 0.15) is 0 Å². The van der Waals surface area contributed by atoms with Crippen LogP contribution in [0.1, 0.15) is 24.8 Å². The molecule has 0 bridgehead atoms. The Morgan fingerprint density at radius 3 is 2.58 bits per heavy atom. The quantitative estimate of drug-likeness (QED) is 0.734. The molecule has 1 aromatic rings. The van der Waals surface area contributed by atoms with Crippen LogP contribution >= 0.6 is 0 Å². The van der Waals surface area contributed by atoms with Gasteiger partial charge in [0.15, 0.2) is 0 Å². The normalized spacial score (nSPS) is 12.8. The van der Waals surface area contributed by atoms with Gasteiger partial charge in [-0.3, -0.25) is 4.98 Å². The Morgan fingerprint density at radius 2 is 2.08 bits per heavy atom. The van der Waals surface area contributed by atoms with E-state index in [0.717, 1.165) is 6.54 Å². The van der Waals surface area contributed by atoms with E-state index >= 15 is 0 Å². The smallest absolute Gasteiger partial charge is 0.0270 e. The zero-order chi connectivity index (χ0) is 8.81. The molecule has 12 heavy (non-hydrogen) atoms. The maximum absolute atomic E-state index is 4.00. The van der Waals surface area contributed by atoms with E-state index in [2.05, 4.69) is 29.4 Å². The first kappa shape index (κ1) is 9.20. The molecular weight excluding hydrogens is 148 g/mol. The van der Waals surface area contributed by atoms with Gasteiger partial charge in [-0.25, -0.2) is 0 Å². The average molecular weight is 164 g/mol. The minimum absolute atomic E-state index is 0.623. The summed E-state index contributed by atoms with van der Waals surface area (Å²) in [6.07, 6.45) is 4.88. The molecule has 0 amide bonds. The topological polar surface area (TPSA) is 24.9 Å². The lowest BCUT2D eigenvalue weighted by molar-refractivity contribution is 0.611. The molecule has 0 saturated carbocycles. The molecular formula is C10H16N2. The second-order valence-electron chi connectivity index (χ2n) is 2.94. The molecule has 1 unspecified atom stereocenters. The standard InChI is InChI=1S/C10H16N2/c1-3-9(8-11-2)10-4-6-12-7-5-10/h4-7,9,11H,3,8H2,1-2H3. The van der Waals surface area contributed by atoms with Crippen molar-refractivity contribution in [3.8, 4) is 0 Å². The molecule has 2 nitrogen and oxygen atoms in total. The first-order chi connectivity index (χ1) is 5.88. The third-order valence-electron chi connectivity index (χ3n) is 2.12. The van der Waals surface area contributed by atoms with Gasteiger partial charge in [-0.1, -0.05) is 6.92 Å². The van der Waals surface area contributed by atoms with Gasteiger partial charge in [0.2, 0.25) is 0 Å². The van der Waals surface area contributed by atoms with Gasteiger partial charge in [-0.15, -0.1) is 0 Å². The number of hydrogen-bond acceptors (Lipinski definition) is 2. The summed E-state index contributed by atoms with van der Waals surface area (Å²) in [5.41, 5.74) is 1.38. The maximum atomic E-state index is 4.00. The van der Waals surface area contributed by atoms with E-state index in [9.17, 15) is 0 Å². The number of nitrogens with one attached hydrogen (secondary N) is 1. The Bertz CT molecular complexity index is 208. The molecule has 66 valence electrons. The predicted octanol–water partition coefficient (Wildman–Crippen LogP) is 1.79. The number of aromatic nitrogens is 1. The highest BCUT2D eigenvalue weighted by atomic mass is 14.8. The first-order valence-corrected chi connectivity index (χ1v) is 4.43. The lowest BCUT2D eigenvalue weighted by Gasteiger charge is -2.13. The molecule has 1 atom stereocenters. The van der Waals surface area contributed by atoms with Crippen LogP contribution in [0.15, 0.2) is 24.5 Å². The second kappa shape index (κ2) is 4.88. The van der Waals surface area contributed by atoms with Gasteiger partial charge in [-0.05, 0) is 37.1 Å². The van der Waals surface area contributed by atoms with Gasteiger partial charge in [0, 0.05) is 18.9 Å². The molecule has 0 radical (unpaired) electrons. The summed E-state index contributed by atoms with van der Waals surface area (Å²) in [5.74, 6) is 0.623. The van der Waals surface area contributed by atoms with Crippen LogP contribution in [0.4, 0.5) is 0 Å². The fourth-order valence-corrected chi connectivity index (χ4v) is 1.38. The van der Waals surface area contributed by atoms with Crippen LogP contribution in [-0.4, -0.2) is 18.6 Å². The van der Waals surface area contributed by atoms with Gasteiger partial charge >= 0.3 is 0 Å². The Morgan fingerprint density at radius 1 is 1.42 bits per heavy atom. The third kappa shape index (κ3) is 2.31. The highest BCUT2D eigenvalue weighted by Crippen LogP contribution is 2.16. The van der Waals surface area contributed by atoms with Crippen LogP contribution < -0.4 is 5.32 Å². The molecule has 1 heterocycles. The fraction of sp³-hybridized carbons (Fsp3) is 0.500. The first-order valence-electron chi connectivity index (χ1n) is 4.43. The monoisotopic (exact) mass is 164 g/mol. The Hall–Kier alpha value is -0.890. The largest absolute Gasteiger partial charge is 0.319 e. The van der Waals surface area contributed by atoms with E-state index in [1.54, 1.807) is 0 Å². The van der Waals surface area contributed by atoms with Crippen molar-refractivity contribution < 1.29 is 0 Å². The average Bonchev–Trinajstić information content (AvgIpc) is 2.15. The van der Waals surface area contributed by atoms with Crippen LogP contribution in [0.5, 0.6) is 0 Å². The molecule has 0 spiro atoms. The van der Waals surface area contributed by atoms with E-state index in [1.807, 2.05) is 19.4 Å². The van der Waals surface area contributed by atoms with Crippen molar-refractivity contribution >= 4 is 0 Å². The zero-order valence-electron chi connectivity index (χ0n) is 7.75. The van der Waals surface area contributed by atoms with Crippen molar-refractivity contribution in [3.05, 3.63) is 30.1 Å². The summed E-state index contributed by atoms with van der Waals surface area (Å²) in [5, 5.41) is 3.20. The van der Waals surface area contributed by atoms with Crippen LogP contribution in [0.2, 0.25) is 0 Å². The van der Waals surface area contributed by atoms with E-state index in [4.69, 9.17) is 0 Å². The van der Waals surface area contributed by atoms with Crippen LogP contribution in [0.25, 0.3) is 0 Å².